The predicted octanol–water partition coefficient (Wildman–Crippen LogP) is 2.62. The first-order chi connectivity index (χ1) is 12.7. The molecule has 0 amide bonds. The molecule has 1 saturated heterocycles. The van der Waals surface area contributed by atoms with Crippen molar-refractivity contribution in [3.8, 4) is 0 Å². The van der Waals surface area contributed by atoms with Crippen LogP contribution in [0.3, 0.4) is 0 Å². The number of morpholine rings is 1. The summed E-state index contributed by atoms with van der Waals surface area (Å²) in [7, 11) is 0. The van der Waals surface area contributed by atoms with Crippen molar-refractivity contribution >= 4 is 40.1 Å². The number of ether oxygens (including phenoxy) is 1. The molecule has 2 aromatic heterocycles. The molecule has 0 unspecified atom stereocenters. The van der Waals surface area contributed by atoms with Gasteiger partial charge in [0.15, 0.2) is 5.82 Å². The van der Waals surface area contributed by atoms with Gasteiger partial charge in [-0.1, -0.05) is 11.6 Å². The fraction of sp³-hybridized carbons (Fsp3) is 0.250. The highest BCUT2D eigenvalue weighted by Gasteiger charge is 2.13. The first-order valence-corrected chi connectivity index (χ1v) is 8.36. The number of nitrogens with zero attached hydrogens (tertiary/aromatic N) is 5. The van der Waals surface area contributed by atoms with Crippen molar-refractivity contribution in [2.45, 2.75) is 0 Å². The third-order valence-electron chi connectivity index (χ3n) is 3.83. The number of hydrogen-bond donors (Lipinski definition) is 2. The molecule has 3 heterocycles. The first kappa shape index (κ1) is 16.8. The molecule has 0 aliphatic carbocycles. The normalized spacial score (nSPS) is 15.2. The van der Waals surface area contributed by atoms with Gasteiger partial charge >= 0.3 is 0 Å². The molecule has 1 aliphatic heterocycles. The van der Waals surface area contributed by atoms with Crippen LogP contribution in [0.5, 0.6) is 0 Å². The minimum Gasteiger partial charge on any atom is -0.379 e. The van der Waals surface area contributed by atoms with Crippen molar-refractivity contribution in [1.82, 2.24) is 24.9 Å². The summed E-state index contributed by atoms with van der Waals surface area (Å²) in [4.78, 5) is 17.2. The lowest BCUT2D eigenvalue weighted by Crippen LogP contribution is -2.40. The van der Waals surface area contributed by atoms with Crippen LogP contribution >= 0.6 is 11.6 Å². The minimum atomic E-state index is -0.482. The van der Waals surface area contributed by atoms with E-state index in [4.69, 9.17) is 16.3 Å². The molecule has 134 valence electrons. The van der Waals surface area contributed by atoms with Gasteiger partial charge in [-0.15, -0.1) is 0 Å². The largest absolute Gasteiger partial charge is 0.379 e. The number of fused-ring (bicyclic) bond motifs is 1. The smallest absolute Gasteiger partial charge is 0.238 e. The van der Waals surface area contributed by atoms with Gasteiger partial charge in [0.2, 0.25) is 5.95 Å². The SMILES string of the molecule is Fc1ccc(Nc2ncnc3cnc(NN4CCOCC4)nc23)cc1Cl. The second kappa shape index (κ2) is 7.32. The predicted molar refractivity (Wildman–Crippen MR) is 95.8 cm³/mol. The van der Waals surface area contributed by atoms with E-state index in [1.54, 1.807) is 12.3 Å². The number of hydrazine groups is 1. The number of nitrogens with one attached hydrogen (secondary N) is 2. The van der Waals surface area contributed by atoms with E-state index >= 15 is 0 Å². The monoisotopic (exact) mass is 375 g/mol. The van der Waals surface area contributed by atoms with Gasteiger partial charge in [-0.3, -0.25) is 5.43 Å². The van der Waals surface area contributed by atoms with Gasteiger partial charge in [0.1, 0.15) is 23.2 Å². The Morgan fingerprint density at radius 3 is 2.81 bits per heavy atom. The lowest BCUT2D eigenvalue weighted by Gasteiger charge is -2.26. The average molecular weight is 376 g/mol. The first-order valence-electron chi connectivity index (χ1n) is 7.98. The Kier molecular flexibility index (Phi) is 4.74. The van der Waals surface area contributed by atoms with Gasteiger partial charge < -0.3 is 10.1 Å². The maximum atomic E-state index is 13.3. The van der Waals surface area contributed by atoms with Crippen LogP contribution in [-0.4, -0.2) is 51.2 Å². The maximum Gasteiger partial charge on any atom is 0.238 e. The summed E-state index contributed by atoms with van der Waals surface area (Å²) in [5.74, 6) is 0.434. The average Bonchev–Trinajstić information content (AvgIpc) is 2.66. The summed E-state index contributed by atoms with van der Waals surface area (Å²) in [5.41, 5.74) is 4.88. The van der Waals surface area contributed by atoms with Crippen LogP contribution in [0, 0.1) is 5.82 Å². The van der Waals surface area contributed by atoms with Crippen LogP contribution < -0.4 is 10.7 Å². The number of rotatable bonds is 4. The Morgan fingerprint density at radius 2 is 2.00 bits per heavy atom. The summed E-state index contributed by atoms with van der Waals surface area (Å²) in [5, 5.41) is 5.10. The highest BCUT2D eigenvalue weighted by Crippen LogP contribution is 2.25. The van der Waals surface area contributed by atoms with Crippen molar-refractivity contribution in [1.29, 1.82) is 0 Å². The van der Waals surface area contributed by atoms with Crippen LogP contribution in [0.1, 0.15) is 0 Å². The van der Waals surface area contributed by atoms with E-state index in [1.165, 1.54) is 18.5 Å². The Hall–Kier alpha value is -2.62. The zero-order valence-corrected chi connectivity index (χ0v) is 14.4. The van der Waals surface area contributed by atoms with E-state index in [-0.39, 0.29) is 5.02 Å². The van der Waals surface area contributed by atoms with Crippen LogP contribution in [0.25, 0.3) is 11.0 Å². The zero-order chi connectivity index (χ0) is 17.9. The van der Waals surface area contributed by atoms with Crippen molar-refractivity contribution in [2.75, 3.05) is 37.0 Å². The summed E-state index contributed by atoms with van der Waals surface area (Å²) in [6.07, 6.45) is 3.03. The molecule has 26 heavy (non-hydrogen) atoms. The second-order valence-corrected chi connectivity index (χ2v) is 6.02. The fourth-order valence-electron chi connectivity index (χ4n) is 2.53. The van der Waals surface area contributed by atoms with Crippen molar-refractivity contribution in [3.63, 3.8) is 0 Å². The molecule has 0 radical (unpaired) electrons. The number of anilines is 3. The van der Waals surface area contributed by atoms with Gasteiger partial charge in [-0.25, -0.2) is 29.3 Å². The molecule has 0 bridgehead atoms. The molecule has 0 spiro atoms. The fourth-order valence-corrected chi connectivity index (χ4v) is 2.71. The van der Waals surface area contributed by atoms with Gasteiger partial charge in [-0.05, 0) is 18.2 Å². The number of benzene rings is 1. The van der Waals surface area contributed by atoms with Crippen LogP contribution in [0.4, 0.5) is 21.8 Å². The highest BCUT2D eigenvalue weighted by atomic mass is 35.5. The van der Waals surface area contributed by atoms with E-state index in [1.807, 2.05) is 5.01 Å². The van der Waals surface area contributed by atoms with Gasteiger partial charge in [0, 0.05) is 18.8 Å². The topological polar surface area (TPSA) is 88.1 Å². The number of aromatic nitrogens is 4. The molecular weight excluding hydrogens is 361 g/mol. The Morgan fingerprint density at radius 1 is 1.15 bits per heavy atom. The molecule has 10 heteroatoms. The minimum absolute atomic E-state index is 0.0256. The molecular formula is C16H15ClFN7O. The van der Waals surface area contributed by atoms with Crippen LogP contribution in [0.15, 0.2) is 30.7 Å². The number of hydrogen-bond acceptors (Lipinski definition) is 8. The second-order valence-electron chi connectivity index (χ2n) is 5.61. The van der Waals surface area contributed by atoms with E-state index in [0.29, 0.717) is 41.7 Å². The molecule has 1 aliphatic rings. The summed E-state index contributed by atoms with van der Waals surface area (Å²) < 4.78 is 18.7. The third kappa shape index (κ3) is 3.64. The molecule has 8 nitrogen and oxygen atoms in total. The van der Waals surface area contributed by atoms with Crippen LogP contribution in [0.2, 0.25) is 5.02 Å². The van der Waals surface area contributed by atoms with Crippen molar-refractivity contribution in [2.24, 2.45) is 0 Å². The third-order valence-corrected chi connectivity index (χ3v) is 4.12. The standard InChI is InChI=1S/C16H15ClFN7O/c17-11-7-10(1-2-12(11)18)22-15-14-13(20-9-21-15)8-19-16(23-14)24-25-3-5-26-6-4-25/h1-2,7-9H,3-6H2,(H,19,23,24)(H,20,21,22). The van der Waals surface area contributed by atoms with E-state index in [9.17, 15) is 4.39 Å². The Balaban J connectivity index is 1.63. The van der Waals surface area contributed by atoms with Crippen molar-refractivity contribution < 1.29 is 9.13 Å². The summed E-state index contributed by atoms with van der Waals surface area (Å²) >= 11 is 5.83. The Labute approximate surface area is 153 Å². The van der Waals surface area contributed by atoms with E-state index < -0.39 is 5.82 Å². The highest BCUT2D eigenvalue weighted by molar-refractivity contribution is 6.31. The summed E-state index contributed by atoms with van der Waals surface area (Å²) in [6, 6.07) is 4.34. The molecule has 2 N–H and O–H groups in total. The summed E-state index contributed by atoms with van der Waals surface area (Å²) in [6.45, 7) is 2.79. The molecule has 1 fully saturated rings. The molecule has 0 atom stereocenters. The maximum absolute atomic E-state index is 13.3. The van der Waals surface area contributed by atoms with Gasteiger partial charge in [0.25, 0.3) is 0 Å². The van der Waals surface area contributed by atoms with Crippen molar-refractivity contribution in [3.05, 3.63) is 41.6 Å². The quantitative estimate of drug-likeness (QED) is 0.719. The zero-order valence-electron chi connectivity index (χ0n) is 13.6. The molecule has 4 rings (SSSR count). The van der Waals surface area contributed by atoms with Crippen LogP contribution in [-0.2, 0) is 4.74 Å². The lowest BCUT2D eigenvalue weighted by atomic mass is 10.3. The molecule has 0 saturated carbocycles. The lowest BCUT2D eigenvalue weighted by molar-refractivity contribution is 0.0493. The van der Waals surface area contributed by atoms with Gasteiger partial charge in [-0.2, -0.15) is 0 Å². The van der Waals surface area contributed by atoms with Gasteiger partial charge in [0.05, 0.1) is 24.4 Å². The van der Waals surface area contributed by atoms with E-state index in [2.05, 4.69) is 30.7 Å². The molecule has 1 aromatic carbocycles. The molecule has 3 aromatic rings. The number of halogens is 2. The van der Waals surface area contributed by atoms with E-state index in [0.717, 1.165) is 13.1 Å². The Bertz CT molecular complexity index is 936.